The van der Waals surface area contributed by atoms with E-state index in [1.54, 1.807) is 0 Å². The first-order valence-electron chi connectivity index (χ1n) is 28.7. The summed E-state index contributed by atoms with van der Waals surface area (Å²) in [6, 6.07) is 0. The predicted molar refractivity (Wildman–Crippen MR) is 279 cm³/mol. The highest BCUT2D eigenvalue weighted by atomic mass is 16.5. The lowest BCUT2D eigenvalue weighted by Gasteiger charge is -2.37. The van der Waals surface area contributed by atoms with Crippen LogP contribution in [0.25, 0.3) is 0 Å². The Morgan fingerprint density at radius 1 is 0.338 bits per heavy atom. The van der Waals surface area contributed by atoms with Crippen molar-refractivity contribution in [1.29, 1.82) is 0 Å². The summed E-state index contributed by atoms with van der Waals surface area (Å²) < 4.78 is 4.83. The number of hydrogen-bond donors (Lipinski definition) is 0. The van der Waals surface area contributed by atoms with Crippen molar-refractivity contribution < 1.29 is 19.1 Å². The molecule has 65 heavy (non-hydrogen) atoms. The molecule has 0 atom stereocenters. The van der Waals surface area contributed by atoms with Crippen LogP contribution in [0.15, 0.2) is 0 Å². The number of esters is 1. The molecule has 0 unspecified atom stereocenters. The van der Waals surface area contributed by atoms with Gasteiger partial charge in [-0.05, 0) is 71.2 Å². The molecule has 0 bridgehead atoms. The van der Waals surface area contributed by atoms with Crippen LogP contribution in [0.1, 0.15) is 252 Å². The molecule has 1 heterocycles. The SMILES string of the molecule is CCCCCCCCCCN(CCCCCCCCC)CCN(CCCCCCCC(=O)OC)CC(=O)N1CCN(C(=O)CN(CCCCCCCCC)CCCCCCCCC)CC1. The topological polar surface area (TPSA) is 76.6 Å². The molecule has 1 aliphatic heterocycles. The van der Waals surface area contributed by atoms with Gasteiger partial charge in [-0.2, -0.15) is 0 Å². The van der Waals surface area contributed by atoms with Crippen molar-refractivity contribution in [1.82, 2.24) is 24.5 Å². The van der Waals surface area contributed by atoms with E-state index in [9.17, 15) is 14.4 Å². The van der Waals surface area contributed by atoms with E-state index >= 15 is 0 Å². The van der Waals surface area contributed by atoms with Crippen LogP contribution >= 0.6 is 0 Å². The molecule has 0 aromatic heterocycles. The second-order valence-corrected chi connectivity index (χ2v) is 20.1. The summed E-state index contributed by atoms with van der Waals surface area (Å²) in [6.07, 6.45) is 43.9. The first-order chi connectivity index (χ1) is 31.9. The van der Waals surface area contributed by atoms with Gasteiger partial charge in [0.2, 0.25) is 11.8 Å². The van der Waals surface area contributed by atoms with Crippen molar-refractivity contribution in [3.05, 3.63) is 0 Å². The standard InChI is InChI=1S/C56H111N5O4/c1-6-10-14-18-22-26-30-36-42-57(41-35-29-23-19-15-11-7-2)46-47-59(45-39-33-27-28-34-40-56(64)65-5)53-55(63)61-50-48-60(49-51-61)54(62)52-58(43-37-31-24-20-16-12-8-3)44-38-32-25-21-17-13-9-4/h6-53H2,1-5H3. The van der Waals surface area contributed by atoms with Crippen molar-refractivity contribution in [3.63, 3.8) is 0 Å². The van der Waals surface area contributed by atoms with Crippen LogP contribution in [0.4, 0.5) is 0 Å². The molecule has 384 valence electrons. The summed E-state index contributed by atoms with van der Waals surface area (Å²) in [5.74, 6) is 0.345. The Hall–Kier alpha value is -1.71. The van der Waals surface area contributed by atoms with Gasteiger partial charge in [0.05, 0.1) is 20.2 Å². The van der Waals surface area contributed by atoms with Gasteiger partial charge in [0.15, 0.2) is 0 Å². The maximum Gasteiger partial charge on any atom is 0.305 e. The maximum atomic E-state index is 14.0. The number of amides is 2. The molecule has 9 heteroatoms. The normalized spacial score (nSPS) is 13.2. The molecule has 0 spiro atoms. The maximum absolute atomic E-state index is 14.0. The molecule has 0 N–H and O–H groups in total. The Morgan fingerprint density at radius 3 is 0.892 bits per heavy atom. The smallest absolute Gasteiger partial charge is 0.305 e. The first kappa shape index (κ1) is 61.3. The summed E-state index contributed by atoms with van der Waals surface area (Å²) in [4.78, 5) is 51.0. The average molecular weight is 919 g/mol. The number of methoxy groups -OCH3 is 1. The minimum atomic E-state index is -0.118. The molecular formula is C56H111N5O4. The van der Waals surface area contributed by atoms with Gasteiger partial charge < -0.3 is 19.4 Å². The number of piperazine rings is 1. The lowest BCUT2D eigenvalue weighted by molar-refractivity contribution is -0.140. The van der Waals surface area contributed by atoms with Crippen molar-refractivity contribution in [2.24, 2.45) is 0 Å². The molecule has 1 fully saturated rings. The highest BCUT2D eigenvalue weighted by molar-refractivity contribution is 5.80. The lowest BCUT2D eigenvalue weighted by atomic mass is 10.1. The number of unbranched alkanes of at least 4 members (excludes halogenated alkanes) is 29. The van der Waals surface area contributed by atoms with Crippen LogP contribution in [-0.4, -0.2) is 134 Å². The van der Waals surface area contributed by atoms with Crippen LogP contribution in [0.2, 0.25) is 0 Å². The lowest BCUT2D eigenvalue weighted by Crippen LogP contribution is -2.54. The van der Waals surface area contributed by atoms with Crippen LogP contribution in [0, 0.1) is 0 Å². The van der Waals surface area contributed by atoms with Crippen LogP contribution in [0.5, 0.6) is 0 Å². The molecular weight excluding hydrogens is 807 g/mol. The van der Waals surface area contributed by atoms with Gasteiger partial charge in [0.1, 0.15) is 0 Å². The number of ether oxygens (including phenoxy) is 1. The van der Waals surface area contributed by atoms with Gasteiger partial charge in [-0.1, -0.05) is 207 Å². The van der Waals surface area contributed by atoms with Gasteiger partial charge in [-0.15, -0.1) is 0 Å². The van der Waals surface area contributed by atoms with E-state index in [1.807, 2.05) is 9.80 Å². The Kier molecular flexibility index (Phi) is 43.4. The summed E-state index contributed by atoms with van der Waals surface area (Å²) in [5.41, 5.74) is 0. The number of hydrogen-bond acceptors (Lipinski definition) is 7. The monoisotopic (exact) mass is 918 g/mol. The Labute approximate surface area is 404 Å². The summed E-state index contributed by atoms with van der Waals surface area (Å²) in [5, 5.41) is 0. The van der Waals surface area contributed by atoms with E-state index in [0.717, 1.165) is 77.9 Å². The third kappa shape index (κ3) is 36.9. The molecule has 0 aromatic rings. The third-order valence-corrected chi connectivity index (χ3v) is 14.1. The fourth-order valence-electron chi connectivity index (χ4n) is 9.53. The van der Waals surface area contributed by atoms with Crippen molar-refractivity contribution in [3.8, 4) is 0 Å². The highest BCUT2D eigenvalue weighted by Crippen LogP contribution is 2.15. The largest absolute Gasteiger partial charge is 0.469 e. The zero-order valence-corrected chi connectivity index (χ0v) is 44.3. The summed E-state index contributed by atoms with van der Waals surface area (Å²) in [6.45, 7) is 19.9. The second-order valence-electron chi connectivity index (χ2n) is 20.1. The molecule has 2 amide bonds. The molecule has 1 aliphatic rings. The Bertz CT molecular complexity index is 1050. The third-order valence-electron chi connectivity index (χ3n) is 14.1. The number of carbonyl (C=O) groups excluding carboxylic acids is 3. The Morgan fingerprint density at radius 2 is 0.585 bits per heavy atom. The van der Waals surface area contributed by atoms with Crippen molar-refractivity contribution >= 4 is 17.8 Å². The van der Waals surface area contributed by atoms with Gasteiger partial charge in [-0.3, -0.25) is 24.2 Å². The van der Waals surface area contributed by atoms with E-state index in [1.165, 1.54) is 193 Å². The highest BCUT2D eigenvalue weighted by Gasteiger charge is 2.26. The van der Waals surface area contributed by atoms with Gasteiger partial charge in [-0.25, -0.2) is 0 Å². The fraction of sp³-hybridized carbons (Fsp3) is 0.946. The van der Waals surface area contributed by atoms with Gasteiger partial charge >= 0.3 is 5.97 Å². The molecule has 1 rings (SSSR count). The average Bonchev–Trinajstić information content (AvgIpc) is 3.32. The first-order valence-corrected chi connectivity index (χ1v) is 28.7. The van der Waals surface area contributed by atoms with E-state index in [0.29, 0.717) is 45.7 Å². The van der Waals surface area contributed by atoms with E-state index < -0.39 is 0 Å². The molecule has 0 aromatic carbocycles. The van der Waals surface area contributed by atoms with Crippen LogP contribution in [0.3, 0.4) is 0 Å². The number of nitrogens with zero attached hydrogens (tertiary/aromatic N) is 5. The minimum absolute atomic E-state index is 0.118. The zero-order valence-electron chi connectivity index (χ0n) is 44.3. The molecule has 1 saturated heterocycles. The summed E-state index contributed by atoms with van der Waals surface area (Å²) in [7, 11) is 1.47. The second kappa shape index (κ2) is 46.0. The zero-order chi connectivity index (χ0) is 47.3. The van der Waals surface area contributed by atoms with E-state index in [2.05, 4.69) is 42.4 Å². The van der Waals surface area contributed by atoms with E-state index in [-0.39, 0.29) is 17.8 Å². The van der Waals surface area contributed by atoms with E-state index in [4.69, 9.17) is 4.74 Å². The minimum Gasteiger partial charge on any atom is -0.469 e. The fourth-order valence-corrected chi connectivity index (χ4v) is 9.53. The van der Waals surface area contributed by atoms with Crippen molar-refractivity contribution in [2.45, 2.75) is 252 Å². The number of rotatable bonds is 48. The van der Waals surface area contributed by atoms with Crippen molar-refractivity contribution in [2.75, 3.05) is 92.2 Å². The molecule has 0 saturated carbocycles. The molecule has 0 radical (unpaired) electrons. The summed E-state index contributed by atoms with van der Waals surface area (Å²) >= 11 is 0. The Balaban J connectivity index is 2.81. The predicted octanol–water partition coefficient (Wildman–Crippen LogP) is 13.5. The molecule has 0 aliphatic carbocycles. The molecule has 9 nitrogen and oxygen atoms in total. The van der Waals surface area contributed by atoms with Gasteiger partial charge in [0, 0.05) is 45.7 Å². The quantitative estimate of drug-likeness (QED) is 0.0444. The van der Waals surface area contributed by atoms with Gasteiger partial charge in [0.25, 0.3) is 0 Å². The number of carbonyl (C=O) groups is 3. The van der Waals surface area contributed by atoms with Crippen LogP contribution < -0.4 is 0 Å². The van der Waals surface area contributed by atoms with Crippen LogP contribution in [-0.2, 0) is 19.1 Å².